The summed E-state index contributed by atoms with van der Waals surface area (Å²) in [5, 5.41) is 13.2. The Labute approximate surface area is 117 Å². The minimum atomic E-state index is -0.646. The Balaban J connectivity index is 1.78. The predicted molar refractivity (Wildman–Crippen MR) is 75.4 cm³/mol. The molecule has 6 heteroatoms. The van der Waals surface area contributed by atoms with Gasteiger partial charge in [-0.05, 0) is 37.9 Å². The molecular formula is C13H19N3O2S. The molecule has 1 heterocycles. The van der Waals surface area contributed by atoms with Gasteiger partial charge in [-0.3, -0.25) is 4.79 Å². The summed E-state index contributed by atoms with van der Waals surface area (Å²) in [4.78, 5) is 19.2. The first-order chi connectivity index (χ1) is 9.19. The average Bonchev–Trinajstić information content (AvgIpc) is 2.46. The van der Waals surface area contributed by atoms with E-state index in [1.807, 2.05) is 12.3 Å². The van der Waals surface area contributed by atoms with Crippen molar-refractivity contribution >= 4 is 23.5 Å². The van der Waals surface area contributed by atoms with Gasteiger partial charge in [0.15, 0.2) is 0 Å². The zero-order valence-corrected chi connectivity index (χ0v) is 11.8. The molecule has 0 spiro atoms. The maximum atomic E-state index is 10.9. The van der Waals surface area contributed by atoms with E-state index in [4.69, 9.17) is 5.11 Å². The summed E-state index contributed by atoms with van der Waals surface area (Å²) in [6.45, 7) is 0.858. The topological polar surface area (TPSA) is 75.1 Å². The van der Waals surface area contributed by atoms with Gasteiger partial charge in [-0.1, -0.05) is 0 Å². The van der Waals surface area contributed by atoms with E-state index in [1.165, 1.54) is 0 Å². The van der Waals surface area contributed by atoms with E-state index in [9.17, 15) is 4.79 Å². The first-order valence-electron chi connectivity index (χ1n) is 6.51. The van der Waals surface area contributed by atoms with Gasteiger partial charge in [0.2, 0.25) is 0 Å². The highest BCUT2D eigenvalue weighted by Gasteiger charge is 2.25. The van der Waals surface area contributed by atoms with E-state index < -0.39 is 5.97 Å². The third kappa shape index (κ3) is 4.09. The highest BCUT2D eigenvalue weighted by atomic mass is 32.2. The fourth-order valence-corrected chi connectivity index (χ4v) is 2.79. The first kappa shape index (κ1) is 14.1. The number of aliphatic carboxylic acids is 1. The first-order valence-corrected chi connectivity index (χ1v) is 7.74. The molecule has 0 aliphatic heterocycles. The van der Waals surface area contributed by atoms with E-state index in [-0.39, 0.29) is 5.92 Å². The standard InChI is InChI=1S/C13H19N3O2S/c1-19-12-6-11(15-8-16-12)14-7-9-2-4-10(5-3-9)13(17)18/h6,8-10H,2-5,7H2,1H3,(H,17,18)(H,14,15,16). The minimum absolute atomic E-state index is 0.140. The largest absolute Gasteiger partial charge is 0.481 e. The highest BCUT2D eigenvalue weighted by Crippen LogP contribution is 2.29. The molecular weight excluding hydrogens is 262 g/mol. The summed E-state index contributed by atoms with van der Waals surface area (Å²) in [5.41, 5.74) is 0. The third-order valence-corrected chi connectivity index (χ3v) is 4.26. The lowest BCUT2D eigenvalue weighted by Crippen LogP contribution is -2.25. The number of nitrogens with one attached hydrogen (secondary N) is 1. The van der Waals surface area contributed by atoms with Gasteiger partial charge in [0.25, 0.3) is 0 Å². The second-order valence-corrected chi connectivity index (χ2v) is 5.71. The molecule has 0 saturated heterocycles. The number of rotatable bonds is 5. The van der Waals surface area contributed by atoms with Gasteiger partial charge in [-0.2, -0.15) is 0 Å². The van der Waals surface area contributed by atoms with E-state index >= 15 is 0 Å². The molecule has 0 bridgehead atoms. The number of nitrogens with zero attached hydrogens (tertiary/aromatic N) is 2. The molecule has 1 aliphatic carbocycles. The monoisotopic (exact) mass is 281 g/mol. The van der Waals surface area contributed by atoms with Crippen molar-refractivity contribution in [1.29, 1.82) is 0 Å². The predicted octanol–water partition coefficient (Wildman–Crippen LogP) is 2.50. The van der Waals surface area contributed by atoms with Gasteiger partial charge in [-0.15, -0.1) is 11.8 Å². The summed E-state index contributed by atoms with van der Waals surface area (Å²) in [6, 6.07) is 1.94. The molecule has 0 unspecified atom stereocenters. The second kappa shape index (κ2) is 6.75. The number of hydrogen-bond acceptors (Lipinski definition) is 5. The van der Waals surface area contributed by atoms with Crippen molar-refractivity contribution in [3.05, 3.63) is 12.4 Å². The molecule has 0 aromatic carbocycles. The summed E-state index contributed by atoms with van der Waals surface area (Å²) >= 11 is 1.59. The number of carbonyl (C=O) groups is 1. The fraction of sp³-hybridized carbons (Fsp3) is 0.615. The quantitative estimate of drug-likeness (QED) is 0.638. The lowest BCUT2D eigenvalue weighted by molar-refractivity contribution is -0.143. The van der Waals surface area contributed by atoms with Crippen LogP contribution in [-0.4, -0.2) is 33.8 Å². The van der Waals surface area contributed by atoms with Gasteiger partial charge in [0, 0.05) is 12.6 Å². The molecule has 1 aliphatic rings. The molecule has 19 heavy (non-hydrogen) atoms. The van der Waals surface area contributed by atoms with Crippen molar-refractivity contribution in [2.75, 3.05) is 18.1 Å². The number of hydrogen-bond donors (Lipinski definition) is 2. The number of anilines is 1. The highest BCUT2D eigenvalue weighted by molar-refractivity contribution is 7.98. The van der Waals surface area contributed by atoms with Crippen LogP contribution >= 0.6 is 11.8 Å². The van der Waals surface area contributed by atoms with Gasteiger partial charge in [-0.25, -0.2) is 9.97 Å². The maximum absolute atomic E-state index is 10.9. The number of carboxylic acid groups (broad SMARTS) is 1. The summed E-state index contributed by atoms with van der Waals surface area (Å²) in [7, 11) is 0. The van der Waals surface area contributed by atoms with Crippen LogP contribution in [0.1, 0.15) is 25.7 Å². The Morgan fingerprint density at radius 1 is 1.42 bits per heavy atom. The Hall–Kier alpha value is -1.30. The van der Waals surface area contributed by atoms with Crippen LogP contribution in [0.3, 0.4) is 0 Å². The Morgan fingerprint density at radius 2 is 2.16 bits per heavy atom. The summed E-state index contributed by atoms with van der Waals surface area (Å²) in [6.07, 6.45) is 7.09. The van der Waals surface area contributed by atoms with Gasteiger partial charge in [0.1, 0.15) is 17.2 Å². The molecule has 2 rings (SSSR count). The number of thioether (sulfide) groups is 1. The van der Waals surface area contributed by atoms with E-state index in [0.29, 0.717) is 5.92 Å². The lowest BCUT2D eigenvalue weighted by atomic mass is 9.82. The van der Waals surface area contributed by atoms with E-state index in [1.54, 1.807) is 18.1 Å². The Kier molecular flexibility index (Phi) is 5.01. The average molecular weight is 281 g/mol. The zero-order chi connectivity index (χ0) is 13.7. The van der Waals surface area contributed by atoms with Crippen LogP contribution in [0.2, 0.25) is 0 Å². The smallest absolute Gasteiger partial charge is 0.306 e. The van der Waals surface area contributed by atoms with Crippen LogP contribution in [0.5, 0.6) is 0 Å². The summed E-state index contributed by atoms with van der Waals surface area (Å²) in [5.74, 6) is 0.605. The minimum Gasteiger partial charge on any atom is -0.481 e. The Bertz CT molecular complexity index is 434. The number of carboxylic acids is 1. The third-order valence-electron chi connectivity index (χ3n) is 3.62. The van der Waals surface area contributed by atoms with Crippen LogP contribution in [-0.2, 0) is 4.79 Å². The fourth-order valence-electron chi connectivity index (χ4n) is 2.41. The van der Waals surface area contributed by atoms with Crippen molar-refractivity contribution in [3.8, 4) is 0 Å². The molecule has 5 nitrogen and oxygen atoms in total. The van der Waals surface area contributed by atoms with Crippen LogP contribution in [0.4, 0.5) is 5.82 Å². The molecule has 1 aromatic heterocycles. The molecule has 1 saturated carbocycles. The van der Waals surface area contributed by atoms with Crippen LogP contribution < -0.4 is 5.32 Å². The van der Waals surface area contributed by atoms with E-state index in [2.05, 4.69) is 15.3 Å². The van der Waals surface area contributed by atoms with Crippen molar-refractivity contribution in [2.45, 2.75) is 30.7 Å². The number of aromatic nitrogens is 2. The van der Waals surface area contributed by atoms with E-state index in [0.717, 1.165) is 43.1 Å². The lowest BCUT2D eigenvalue weighted by Gasteiger charge is -2.26. The van der Waals surface area contributed by atoms with Gasteiger partial charge in [0.05, 0.1) is 5.92 Å². The second-order valence-electron chi connectivity index (χ2n) is 4.88. The molecule has 0 radical (unpaired) electrons. The zero-order valence-electron chi connectivity index (χ0n) is 11.0. The molecule has 1 fully saturated rings. The SMILES string of the molecule is CSc1cc(NCC2CCC(C(=O)O)CC2)ncn1. The molecule has 0 amide bonds. The summed E-state index contributed by atoms with van der Waals surface area (Å²) < 4.78 is 0. The maximum Gasteiger partial charge on any atom is 0.306 e. The molecule has 0 atom stereocenters. The van der Waals surface area contributed by atoms with Gasteiger partial charge < -0.3 is 10.4 Å². The van der Waals surface area contributed by atoms with Crippen LogP contribution in [0.15, 0.2) is 17.4 Å². The van der Waals surface area contributed by atoms with Crippen molar-refractivity contribution < 1.29 is 9.90 Å². The molecule has 2 N–H and O–H groups in total. The Morgan fingerprint density at radius 3 is 2.79 bits per heavy atom. The van der Waals surface area contributed by atoms with Crippen LogP contribution in [0, 0.1) is 11.8 Å². The van der Waals surface area contributed by atoms with Crippen LogP contribution in [0.25, 0.3) is 0 Å². The van der Waals surface area contributed by atoms with Gasteiger partial charge >= 0.3 is 5.97 Å². The van der Waals surface area contributed by atoms with Crippen molar-refractivity contribution in [2.24, 2.45) is 11.8 Å². The van der Waals surface area contributed by atoms with Crippen molar-refractivity contribution in [3.63, 3.8) is 0 Å². The molecule has 1 aromatic rings. The van der Waals surface area contributed by atoms with Crippen molar-refractivity contribution in [1.82, 2.24) is 9.97 Å². The molecule has 104 valence electrons. The normalized spacial score (nSPS) is 23.0.